The Labute approximate surface area is 110 Å². The van der Waals surface area contributed by atoms with Crippen molar-refractivity contribution in [3.05, 3.63) is 22.8 Å². The number of pyridine rings is 1. The molecule has 0 aromatic carbocycles. The quantitative estimate of drug-likeness (QED) is 0.884. The van der Waals surface area contributed by atoms with E-state index in [1.807, 2.05) is 11.0 Å². The minimum absolute atomic E-state index is 0.279. The van der Waals surface area contributed by atoms with Crippen LogP contribution in [0.3, 0.4) is 0 Å². The highest BCUT2D eigenvalue weighted by molar-refractivity contribution is 6.33. The molecule has 1 N–H and O–H groups in total. The van der Waals surface area contributed by atoms with Gasteiger partial charge in [-0.05, 0) is 18.9 Å². The third-order valence-electron chi connectivity index (χ3n) is 3.09. The van der Waals surface area contributed by atoms with Crippen LogP contribution in [0, 0.1) is 17.2 Å². The minimum Gasteiger partial charge on any atom is -0.481 e. The normalized spacial score (nSPS) is 16.3. The first kappa shape index (κ1) is 12.7. The molecule has 0 bridgehead atoms. The van der Waals surface area contributed by atoms with Crippen molar-refractivity contribution in [2.45, 2.75) is 12.8 Å². The number of carbonyl (C=O) groups is 1. The molecule has 6 heteroatoms. The second-order valence-corrected chi connectivity index (χ2v) is 4.65. The van der Waals surface area contributed by atoms with E-state index in [1.54, 1.807) is 6.07 Å². The van der Waals surface area contributed by atoms with E-state index < -0.39 is 5.97 Å². The van der Waals surface area contributed by atoms with Gasteiger partial charge >= 0.3 is 5.97 Å². The summed E-state index contributed by atoms with van der Waals surface area (Å²) in [5.74, 6) is -0.397. The molecule has 0 amide bonds. The number of rotatable bonds is 2. The van der Waals surface area contributed by atoms with Gasteiger partial charge in [-0.2, -0.15) is 5.26 Å². The van der Waals surface area contributed by atoms with E-state index in [9.17, 15) is 4.79 Å². The van der Waals surface area contributed by atoms with E-state index in [0.29, 0.717) is 42.3 Å². The summed E-state index contributed by atoms with van der Waals surface area (Å²) in [7, 11) is 0. The van der Waals surface area contributed by atoms with Crippen LogP contribution >= 0.6 is 11.6 Å². The first-order valence-corrected chi connectivity index (χ1v) is 6.03. The van der Waals surface area contributed by atoms with Crippen LogP contribution in [-0.2, 0) is 4.79 Å². The Morgan fingerprint density at radius 2 is 2.22 bits per heavy atom. The summed E-state index contributed by atoms with van der Waals surface area (Å²) < 4.78 is 0. The Balaban J connectivity index is 2.10. The molecule has 2 rings (SSSR count). The first-order chi connectivity index (χ1) is 8.61. The molecule has 1 aliphatic rings. The lowest BCUT2D eigenvalue weighted by molar-refractivity contribution is -0.142. The van der Waals surface area contributed by atoms with Crippen LogP contribution in [0.25, 0.3) is 0 Å². The van der Waals surface area contributed by atoms with Crippen molar-refractivity contribution in [2.75, 3.05) is 18.0 Å². The van der Waals surface area contributed by atoms with Gasteiger partial charge < -0.3 is 10.0 Å². The molecule has 18 heavy (non-hydrogen) atoms. The molecule has 1 aliphatic heterocycles. The van der Waals surface area contributed by atoms with Crippen LogP contribution in [0.1, 0.15) is 18.4 Å². The summed E-state index contributed by atoms with van der Waals surface area (Å²) in [6.07, 6.45) is 2.66. The molecule has 0 unspecified atom stereocenters. The average Bonchev–Trinajstić information content (AvgIpc) is 2.38. The molecule has 1 fully saturated rings. The topological polar surface area (TPSA) is 77.2 Å². The predicted octanol–water partition coefficient (Wildman–Crippen LogP) is 1.91. The SMILES string of the molecule is N#Cc1cnc(N2CCC(C(=O)O)CC2)c(Cl)c1. The van der Waals surface area contributed by atoms with Gasteiger partial charge in [0.15, 0.2) is 0 Å². The number of hydrogen-bond donors (Lipinski definition) is 1. The molecule has 1 aromatic heterocycles. The summed E-state index contributed by atoms with van der Waals surface area (Å²) in [5, 5.41) is 18.1. The first-order valence-electron chi connectivity index (χ1n) is 5.65. The number of nitrogens with zero attached hydrogens (tertiary/aromatic N) is 3. The summed E-state index contributed by atoms with van der Waals surface area (Å²) in [5.41, 5.74) is 0.421. The van der Waals surface area contributed by atoms with Crippen LogP contribution in [0.4, 0.5) is 5.82 Å². The molecule has 1 aromatic rings. The van der Waals surface area contributed by atoms with Crippen molar-refractivity contribution in [1.82, 2.24) is 4.98 Å². The molecule has 5 nitrogen and oxygen atoms in total. The maximum Gasteiger partial charge on any atom is 0.306 e. The number of carboxylic acid groups (broad SMARTS) is 1. The molecule has 2 heterocycles. The number of aliphatic carboxylic acids is 1. The molecule has 0 spiro atoms. The third kappa shape index (κ3) is 2.54. The zero-order chi connectivity index (χ0) is 13.1. The van der Waals surface area contributed by atoms with E-state index >= 15 is 0 Å². The van der Waals surface area contributed by atoms with Crippen molar-refractivity contribution >= 4 is 23.4 Å². The molecule has 94 valence electrons. The highest BCUT2D eigenvalue weighted by atomic mass is 35.5. The Kier molecular flexibility index (Phi) is 3.68. The van der Waals surface area contributed by atoms with Crippen molar-refractivity contribution < 1.29 is 9.90 Å². The Morgan fingerprint density at radius 1 is 1.56 bits per heavy atom. The van der Waals surface area contributed by atoms with Gasteiger partial charge in [-0.3, -0.25) is 4.79 Å². The number of nitriles is 1. The minimum atomic E-state index is -0.742. The molecular formula is C12H12ClN3O2. The van der Waals surface area contributed by atoms with Gasteiger partial charge in [0, 0.05) is 19.3 Å². The molecular weight excluding hydrogens is 254 g/mol. The van der Waals surface area contributed by atoms with Crippen molar-refractivity contribution in [3.8, 4) is 6.07 Å². The van der Waals surface area contributed by atoms with Crippen LogP contribution in [0.2, 0.25) is 5.02 Å². The lowest BCUT2D eigenvalue weighted by Crippen LogP contribution is -2.36. The molecule has 0 atom stereocenters. The Morgan fingerprint density at radius 3 is 2.72 bits per heavy atom. The van der Waals surface area contributed by atoms with Gasteiger partial charge in [0.2, 0.25) is 0 Å². The van der Waals surface area contributed by atoms with Crippen LogP contribution in [0.15, 0.2) is 12.3 Å². The number of hydrogen-bond acceptors (Lipinski definition) is 4. The van der Waals surface area contributed by atoms with Gasteiger partial charge in [-0.1, -0.05) is 11.6 Å². The lowest BCUT2D eigenvalue weighted by Gasteiger charge is -2.31. The van der Waals surface area contributed by atoms with Gasteiger partial charge in [-0.15, -0.1) is 0 Å². The number of carboxylic acids is 1. The van der Waals surface area contributed by atoms with Gasteiger partial charge in [0.25, 0.3) is 0 Å². The summed E-state index contributed by atoms with van der Waals surface area (Å²) in [6, 6.07) is 3.55. The second-order valence-electron chi connectivity index (χ2n) is 4.24. The molecule has 0 saturated carbocycles. The van der Waals surface area contributed by atoms with E-state index in [1.165, 1.54) is 6.20 Å². The monoisotopic (exact) mass is 265 g/mol. The second kappa shape index (κ2) is 5.23. The van der Waals surface area contributed by atoms with Crippen molar-refractivity contribution in [2.24, 2.45) is 5.92 Å². The van der Waals surface area contributed by atoms with E-state index in [-0.39, 0.29) is 5.92 Å². The molecule has 0 aliphatic carbocycles. The number of anilines is 1. The summed E-state index contributed by atoms with van der Waals surface area (Å²) in [6.45, 7) is 1.24. The zero-order valence-electron chi connectivity index (χ0n) is 9.64. The largest absolute Gasteiger partial charge is 0.481 e. The van der Waals surface area contributed by atoms with Gasteiger partial charge in [0.05, 0.1) is 16.5 Å². The average molecular weight is 266 g/mol. The smallest absolute Gasteiger partial charge is 0.306 e. The highest BCUT2D eigenvalue weighted by Gasteiger charge is 2.26. The number of aromatic nitrogens is 1. The third-order valence-corrected chi connectivity index (χ3v) is 3.37. The van der Waals surface area contributed by atoms with E-state index in [0.717, 1.165) is 0 Å². The van der Waals surface area contributed by atoms with Crippen LogP contribution in [0.5, 0.6) is 0 Å². The standard InChI is InChI=1S/C12H12ClN3O2/c13-10-5-8(6-14)7-15-11(10)16-3-1-9(2-4-16)12(17)18/h5,7,9H,1-4H2,(H,17,18). The maximum absolute atomic E-state index is 10.9. The highest BCUT2D eigenvalue weighted by Crippen LogP contribution is 2.28. The van der Waals surface area contributed by atoms with E-state index in [2.05, 4.69) is 4.98 Å². The maximum atomic E-state index is 10.9. The zero-order valence-corrected chi connectivity index (χ0v) is 10.4. The van der Waals surface area contributed by atoms with Crippen molar-refractivity contribution in [3.63, 3.8) is 0 Å². The molecule has 1 saturated heterocycles. The lowest BCUT2D eigenvalue weighted by atomic mass is 9.97. The summed E-state index contributed by atoms with van der Waals surface area (Å²) >= 11 is 6.07. The van der Waals surface area contributed by atoms with Crippen LogP contribution in [-0.4, -0.2) is 29.1 Å². The molecule has 0 radical (unpaired) electrons. The van der Waals surface area contributed by atoms with Crippen molar-refractivity contribution in [1.29, 1.82) is 5.26 Å². The van der Waals surface area contributed by atoms with Gasteiger partial charge in [0.1, 0.15) is 11.9 Å². The van der Waals surface area contributed by atoms with Crippen LogP contribution < -0.4 is 4.90 Å². The van der Waals surface area contributed by atoms with Gasteiger partial charge in [-0.25, -0.2) is 4.98 Å². The number of halogens is 1. The Bertz CT molecular complexity index is 505. The van der Waals surface area contributed by atoms with E-state index in [4.69, 9.17) is 22.0 Å². The fourth-order valence-corrected chi connectivity index (χ4v) is 2.35. The summed E-state index contributed by atoms with van der Waals surface area (Å²) in [4.78, 5) is 17.0. The number of piperidine rings is 1. The fourth-order valence-electron chi connectivity index (χ4n) is 2.06. The Hall–Kier alpha value is -1.80. The predicted molar refractivity (Wildman–Crippen MR) is 66.5 cm³/mol. The fraction of sp³-hybridized carbons (Fsp3) is 0.417.